The van der Waals surface area contributed by atoms with E-state index in [9.17, 15) is 0 Å². The molecule has 0 bridgehead atoms. The highest BCUT2D eigenvalue weighted by Crippen LogP contribution is 2.21. The van der Waals surface area contributed by atoms with Gasteiger partial charge in [0.05, 0.1) is 11.6 Å². The SMILES string of the molecule is CCn1nc(C)c2nc(CCl)n(Cc3nc(C)no3)c21. The molecule has 0 fully saturated rings. The number of hydrogen-bond donors (Lipinski definition) is 0. The lowest BCUT2D eigenvalue weighted by molar-refractivity contribution is 0.367. The van der Waals surface area contributed by atoms with Crippen molar-refractivity contribution in [3.63, 3.8) is 0 Å². The summed E-state index contributed by atoms with van der Waals surface area (Å²) >= 11 is 6.00. The molecule has 0 atom stereocenters. The van der Waals surface area contributed by atoms with Crippen LogP contribution in [0.5, 0.6) is 0 Å². The summed E-state index contributed by atoms with van der Waals surface area (Å²) in [6.07, 6.45) is 0. The molecule has 0 saturated carbocycles. The molecule has 8 heteroatoms. The van der Waals surface area contributed by atoms with E-state index in [0.717, 1.165) is 29.2 Å². The maximum Gasteiger partial charge on any atom is 0.246 e. The number of hydrogen-bond acceptors (Lipinski definition) is 5. The number of fused-ring (bicyclic) bond motifs is 1. The van der Waals surface area contributed by atoms with Crippen molar-refractivity contribution in [1.29, 1.82) is 0 Å². The summed E-state index contributed by atoms with van der Waals surface area (Å²) in [6.45, 7) is 6.99. The number of rotatable bonds is 4. The van der Waals surface area contributed by atoms with Crippen LogP contribution in [0.25, 0.3) is 11.2 Å². The van der Waals surface area contributed by atoms with Crippen LogP contribution in [0, 0.1) is 13.8 Å². The molecule has 0 unspecified atom stereocenters. The molecule has 3 heterocycles. The topological polar surface area (TPSA) is 74.6 Å². The summed E-state index contributed by atoms with van der Waals surface area (Å²) in [7, 11) is 0. The third-order valence-electron chi connectivity index (χ3n) is 3.16. The first kappa shape index (κ1) is 13.1. The second-order valence-electron chi connectivity index (χ2n) is 4.56. The van der Waals surface area contributed by atoms with Gasteiger partial charge < -0.3 is 9.09 Å². The van der Waals surface area contributed by atoms with E-state index in [0.29, 0.717) is 24.1 Å². The van der Waals surface area contributed by atoms with Gasteiger partial charge in [-0.25, -0.2) is 9.67 Å². The standard InChI is InChI=1S/C12H15ClN6O/c1-4-19-12-11(7(2)16-19)15-9(5-13)18(12)6-10-14-8(3)17-20-10/h4-6H2,1-3H3. The van der Waals surface area contributed by atoms with E-state index in [1.54, 1.807) is 6.92 Å². The fourth-order valence-electron chi connectivity index (χ4n) is 2.30. The molecular weight excluding hydrogens is 280 g/mol. The van der Waals surface area contributed by atoms with Crippen molar-refractivity contribution in [3.05, 3.63) is 23.2 Å². The zero-order chi connectivity index (χ0) is 14.3. The van der Waals surface area contributed by atoms with E-state index in [4.69, 9.17) is 16.1 Å². The summed E-state index contributed by atoms with van der Waals surface area (Å²) in [5.41, 5.74) is 2.71. The zero-order valence-electron chi connectivity index (χ0n) is 11.6. The Kier molecular flexibility index (Phi) is 3.21. The average Bonchev–Trinajstić information content (AvgIpc) is 3.08. The Bertz CT molecular complexity index is 756. The molecule has 3 rings (SSSR count). The highest BCUT2D eigenvalue weighted by atomic mass is 35.5. The molecule has 0 spiro atoms. The first-order valence-corrected chi connectivity index (χ1v) is 6.95. The first-order chi connectivity index (χ1) is 9.63. The Hall–Kier alpha value is -1.89. The Labute approximate surface area is 120 Å². The van der Waals surface area contributed by atoms with Crippen molar-refractivity contribution >= 4 is 22.8 Å². The maximum absolute atomic E-state index is 6.00. The summed E-state index contributed by atoms with van der Waals surface area (Å²) in [5.74, 6) is 2.25. The van der Waals surface area contributed by atoms with E-state index in [1.165, 1.54) is 0 Å². The minimum absolute atomic E-state index is 0.324. The number of aromatic nitrogens is 6. The second-order valence-corrected chi connectivity index (χ2v) is 4.82. The van der Waals surface area contributed by atoms with Gasteiger partial charge in [-0.05, 0) is 20.8 Å². The normalized spacial score (nSPS) is 11.6. The van der Waals surface area contributed by atoms with E-state index >= 15 is 0 Å². The van der Waals surface area contributed by atoms with Crippen LogP contribution in [-0.2, 0) is 19.0 Å². The van der Waals surface area contributed by atoms with Crippen LogP contribution in [-0.4, -0.2) is 29.5 Å². The lowest BCUT2D eigenvalue weighted by Crippen LogP contribution is -2.09. The quantitative estimate of drug-likeness (QED) is 0.688. The van der Waals surface area contributed by atoms with Gasteiger partial charge >= 0.3 is 0 Å². The van der Waals surface area contributed by atoms with Gasteiger partial charge in [-0.15, -0.1) is 11.6 Å². The molecule has 3 aromatic rings. The predicted molar refractivity (Wildman–Crippen MR) is 73.6 cm³/mol. The Morgan fingerprint density at radius 2 is 2.05 bits per heavy atom. The van der Waals surface area contributed by atoms with Gasteiger partial charge in [0, 0.05) is 6.54 Å². The van der Waals surface area contributed by atoms with Crippen LogP contribution < -0.4 is 0 Å². The molecule has 0 aliphatic rings. The third-order valence-corrected chi connectivity index (χ3v) is 3.40. The van der Waals surface area contributed by atoms with Crippen molar-refractivity contribution < 1.29 is 4.52 Å². The molecule has 20 heavy (non-hydrogen) atoms. The summed E-state index contributed by atoms with van der Waals surface area (Å²) in [4.78, 5) is 8.79. The highest BCUT2D eigenvalue weighted by molar-refractivity contribution is 6.16. The van der Waals surface area contributed by atoms with Crippen LogP contribution in [0.2, 0.25) is 0 Å². The summed E-state index contributed by atoms with van der Waals surface area (Å²) in [6, 6.07) is 0. The highest BCUT2D eigenvalue weighted by Gasteiger charge is 2.19. The van der Waals surface area contributed by atoms with Crippen molar-refractivity contribution in [1.82, 2.24) is 29.5 Å². The molecule has 0 aromatic carbocycles. The third kappa shape index (κ3) is 1.98. The number of nitrogens with zero attached hydrogens (tertiary/aromatic N) is 6. The number of halogens is 1. The average molecular weight is 295 g/mol. The van der Waals surface area contributed by atoms with Gasteiger partial charge in [0.15, 0.2) is 11.5 Å². The van der Waals surface area contributed by atoms with E-state index < -0.39 is 0 Å². The van der Waals surface area contributed by atoms with E-state index in [-0.39, 0.29) is 0 Å². The smallest absolute Gasteiger partial charge is 0.246 e. The molecule has 0 radical (unpaired) electrons. The Morgan fingerprint density at radius 1 is 1.25 bits per heavy atom. The lowest BCUT2D eigenvalue weighted by atomic mass is 10.4. The summed E-state index contributed by atoms with van der Waals surface area (Å²) in [5, 5.41) is 8.28. The number of imidazole rings is 1. The first-order valence-electron chi connectivity index (χ1n) is 6.41. The van der Waals surface area contributed by atoms with Gasteiger partial charge in [-0.2, -0.15) is 10.1 Å². The molecule has 3 aromatic heterocycles. The Balaban J connectivity index is 2.16. The molecule has 106 valence electrons. The van der Waals surface area contributed by atoms with Crippen molar-refractivity contribution in [2.75, 3.05) is 0 Å². The minimum atomic E-state index is 0.324. The molecular formula is C12H15ClN6O. The van der Waals surface area contributed by atoms with Crippen molar-refractivity contribution in [2.45, 2.75) is 39.7 Å². The predicted octanol–water partition coefficient (Wildman–Crippen LogP) is 2.04. The number of alkyl halides is 1. The van der Waals surface area contributed by atoms with Gasteiger partial charge in [0.2, 0.25) is 5.89 Å². The van der Waals surface area contributed by atoms with E-state index in [1.807, 2.05) is 23.1 Å². The van der Waals surface area contributed by atoms with Crippen LogP contribution in [0.3, 0.4) is 0 Å². The van der Waals surface area contributed by atoms with Crippen molar-refractivity contribution in [2.24, 2.45) is 0 Å². The Morgan fingerprint density at radius 3 is 2.65 bits per heavy atom. The van der Waals surface area contributed by atoms with Gasteiger partial charge in [-0.3, -0.25) is 0 Å². The fourth-order valence-corrected chi connectivity index (χ4v) is 2.50. The monoisotopic (exact) mass is 294 g/mol. The van der Waals surface area contributed by atoms with Gasteiger partial charge in [-0.1, -0.05) is 5.16 Å². The summed E-state index contributed by atoms with van der Waals surface area (Å²) < 4.78 is 9.08. The van der Waals surface area contributed by atoms with Crippen molar-refractivity contribution in [3.8, 4) is 0 Å². The van der Waals surface area contributed by atoms with Crippen LogP contribution >= 0.6 is 11.6 Å². The van der Waals surface area contributed by atoms with Gasteiger partial charge in [0.25, 0.3) is 0 Å². The molecule has 0 aliphatic heterocycles. The molecule has 0 amide bonds. The minimum Gasteiger partial charge on any atom is -0.337 e. The number of aryl methyl sites for hydroxylation is 3. The lowest BCUT2D eigenvalue weighted by Gasteiger charge is -2.06. The molecule has 0 saturated heterocycles. The zero-order valence-corrected chi connectivity index (χ0v) is 12.3. The molecule has 0 N–H and O–H groups in total. The van der Waals surface area contributed by atoms with Gasteiger partial charge in [0.1, 0.15) is 17.9 Å². The maximum atomic E-state index is 6.00. The fraction of sp³-hybridized carbons (Fsp3) is 0.500. The van der Waals surface area contributed by atoms with Crippen LogP contribution in [0.15, 0.2) is 4.52 Å². The van der Waals surface area contributed by atoms with E-state index in [2.05, 4.69) is 20.2 Å². The van der Waals surface area contributed by atoms with Crippen LogP contribution in [0.4, 0.5) is 0 Å². The second kappa shape index (κ2) is 4.90. The molecule has 7 nitrogen and oxygen atoms in total. The largest absolute Gasteiger partial charge is 0.337 e. The van der Waals surface area contributed by atoms with Crippen LogP contribution in [0.1, 0.15) is 30.2 Å². The molecule has 0 aliphatic carbocycles.